The number of carbonyl (C=O) groups excluding carboxylic acids is 1. The van der Waals surface area contributed by atoms with Gasteiger partial charge in [-0.15, -0.1) is 0 Å². The minimum atomic E-state index is -0.455. The zero-order valence-corrected chi connectivity index (χ0v) is 13.4. The number of methoxy groups -OCH3 is 2. The molecule has 1 aliphatic heterocycles. The molecule has 2 fully saturated rings. The van der Waals surface area contributed by atoms with Gasteiger partial charge in [0.1, 0.15) is 11.4 Å². The van der Waals surface area contributed by atoms with Gasteiger partial charge in [0.15, 0.2) is 0 Å². The van der Waals surface area contributed by atoms with E-state index in [1.54, 1.807) is 12.1 Å². The van der Waals surface area contributed by atoms with Crippen LogP contribution in [0, 0.1) is 11.3 Å². The molecule has 0 amide bonds. The number of anilines is 1. The zero-order valence-electron chi connectivity index (χ0n) is 13.4. The summed E-state index contributed by atoms with van der Waals surface area (Å²) in [4.78, 5) is 16.1. The van der Waals surface area contributed by atoms with E-state index >= 15 is 0 Å². The first-order valence-electron chi connectivity index (χ1n) is 7.50. The molecule has 1 aromatic rings. The number of aromatic nitrogens is 1. The Hall–Kier alpha value is -1.82. The molecule has 22 heavy (non-hydrogen) atoms. The lowest BCUT2D eigenvalue weighted by molar-refractivity contribution is -0.0924. The molecular weight excluding hydrogens is 284 g/mol. The van der Waals surface area contributed by atoms with E-state index in [1.165, 1.54) is 14.2 Å². The number of pyridine rings is 1. The van der Waals surface area contributed by atoms with E-state index in [9.17, 15) is 4.79 Å². The number of hydrogen-bond donors (Lipinski definition) is 1. The van der Waals surface area contributed by atoms with Crippen LogP contribution in [0.25, 0.3) is 0 Å². The molecule has 6 nitrogen and oxygen atoms in total. The first-order valence-corrected chi connectivity index (χ1v) is 7.50. The molecule has 0 aromatic carbocycles. The summed E-state index contributed by atoms with van der Waals surface area (Å²) in [6.45, 7) is 5.24. The van der Waals surface area contributed by atoms with Gasteiger partial charge in [-0.2, -0.15) is 4.98 Å². The third-order valence-electron chi connectivity index (χ3n) is 4.86. The van der Waals surface area contributed by atoms with Crippen LogP contribution in [0.2, 0.25) is 0 Å². The van der Waals surface area contributed by atoms with Crippen LogP contribution in [0.4, 0.5) is 5.82 Å². The highest BCUT2D eigenvalue weighted by molar-refractivity contribution is 5.92. The average molecular weight is 306 g/mol. The molecule has 1 aliphatic carbocycles. The van der Waals surface area contributed by atoms with Crippen molar-refractivity contribution < 1.29 is 19.0 Å². The fourth-order valence-corrected chi connectivity index (χ4v) is 3.72. The maximum Gasteiger partial charge on any atom is 0.343 e. The van der Waals surface area contributed by atoms with Crippen LogP contribution >= 0.6 is 0 Å². The Morgan fingerprint density at radius 1 is 1.41 bits per heavy atom. The standard InChI is InChI=1S/C16H22N2O4/c1-16(2)12(9-7-8-22-13(9)16)17-11-6-5-10(15(19)21-4)14(18-11)20-3/h5-6,9,12-13H,7-8H2,1-4H3,(H,17,18). The molecular formula is C16H22N2O4. The second-order valence-corrected chi connectivity index (χ2v) is 6.43. The highest BCUT2D eigenvalue weighted by Crippen LogP contribution is 2.53. The van der Waals surface area contributed by atoms with E-state index in [4.69, 9.17) is 14.2 Å². The fraction of sp³-hybridized carbons (Fsp3) is 0.625. The number of fused-ring (bicyclic) bond motifs is 1. The van der Waals surface area contributed by atoms with Crippen LogP contribution in [0.3, 0.4) is 0 Å². The van der Waals surface area contributed by atoms with E-state index in [-0.39, 0.29) is 11.3 Å². The lowest BCUT2D eigenvalue weighted by Gasteiger charge is -2.54. The van der Waals surface area contributed by atoms with Crippen LogP contribution in [0.15, 0.2) is 12.1 Å². The second kappa shape index (κ2) is 5.43. The van der Waals surface area contributed by atoms with Crippen LogP contribution < -0.4 is 10.1 Å². The summed E-state index contributed by atoms with van der Waals surface area (Å²) in [5, 5.41) is 3.48. The number of nitrogens with zero attached hydrogens (tertiary/aromatic N) is 1. The van der Waals surface area contributed by atoms with Crippen molar-refractivity contribution in [3.8, 4) is 5.88 Å². The van der Waals surface area contributed by atoms with Gasteiger partial charge in [0.05, 0.1) is 20.3 Å². The van der Waals surface area contributed by atoms with Crippen LogP contribution in [-0.4, -0.2) is 43.9 Å². The predicted octanol–water partition coefficient (Wildman–Crippen LogP) is 2.10. The van der Waals surface area contributed by atoms with E-state index in [0.29, 0.717) is 29.4 Å². The van der Waals surface area contributed by atoms with Gasteiger partial charge in [-0.1, -0.05) is 13.8 Å². The lowest BCUT2D eigenvalue weighted by atomic mass is 9.57. The Morgan fingerprint density at radius 2 is 2.18 bits per heavy atom. The molecule has 1 aromatic heterocycles. The van der Waals surface area contributed by atoms with Crippen molar-refractivity contribution in [2.75, 3.05) is 26.1 Å². The van der Waals surface area contributed by atoms with Gasteiger partial charge in [0.25, 0.3) is 0 Å². The van der Waals surface area contributed by atoms with Gasteiger partial charge in [0.2, 0.25) is 5.88 Å². The first kappa shape index (κ1) is 15.1. The molecule has 6 heteroatoms. The van der Waals surface area contributed by atoms with Crippen LogP contribution in [-0.2, 0) is 9.47 Å². The van der Waals surface area contributed by atoms with Crippen molar-refractivity contribution in [1.82, 2.24) is 4.98 Å². The van der Waals surface area contributed by atoms with Crippen LogP contribution in [0.5, 0.6) is 5.88 Å². The number of esters is 1. The largest absolute Gasteiger partial charge is 0.480 e. The minimum Gasteiger partial charge on any atom is -0.480 e. The van der Waals surface area contributed by atoms with Crippen molar-refractivity contribution in [2.24, 2.45) is 11.3 Å². The monoisotopic (exact) mass is 306 g/mol. The van der Waals surface area contributed by atoms with Crippen LogP contribution in [0.1, 0.15) is 30.6 Å². The van der Waals surface area contributed by atoms with Gasteiger partial charge < -0.3 is 19.5 Å². The molecule has 120 valence electrons. The summed E-state index contributed by atoms with van der Waals surface area (Å²) in [5.74, 6) is 1.04. The predicted molar refractivity (Wildman–Crippen MR) is 81.2 cm³/mol. The zero-order chi connectivity index (χ0) is 15.9. The fourth-order valence-electron chi connectivity index (χ4n) is 3.72. The second-order valence-electron chi connectivity index (χ2n) is 6.43. The van der Waals surface area contributed by atoms with Gasteiger partial charge in [0, 0.05) is 24.0 Å². The normalized spacial score (nSPS) is 28.5. The maximum atomic E-state index is 11.7. The Labute approximate surface area is 130 Å². The summed E-state index contributed by atoms with van der Waals surface area (Å²) < 4.78 is 15.7. The summed E-state index contributed by atoms with van der Waals surface area (Å²) >= 11 is 0. The Morgan fingerprint density at radius 3 is 2.86 bits per heavy atom. The van der Waals surface area contributed by atoms with Gasteiger partial charge in [-0.3, -0.25) is 0 Å². The molecule has 0 radical (unpaired) electrons. The molecule has 1 saturated heterocycles. The molecule has 3 atom stereocenters. The van der Waals surface area contributed by atoms with Gasteiger partial charge >= 0.3 is 5.97 Å². The average Bonchev–Trinajstić information content (AvgIpc) is 2.98. The summed E-state index contributed by atoms with van der Waals surface area (Å²) in [7, 11) is 2.83. The molecule has 3 rings (SSSR count). The molecule has 1 saturated carbocycles. The lowest BCUT2D eigenvalue weighted by Crippen LogP contribution is -2.63. The number of rotatable bonds is 4. The number of ether oxygens (including phenoxy) is 3. The van der Waals surface area contributed by atoms with Gasteiger partial charge in [-0.05, 0) is 18.6 Å². The summed E-state index contributed by atoms with van der Waals surface area (Å²) in [6, 6.07) is 3.77. The van der Waals surface area contributed by atoms with Gasteiger partial charge in [-0.25, -0.2) is 4.79 Å². The molecule has 2 heterocycles. The quantitative estimate of drug-likeness (QED) is 0.859. The maximum absolute atomic E-state index is 11.7. The third kappa shape index (κ3) is 2.22. The first-order chi connectivity index (χ1) is 10.5. The van der Waals surface area contributed by atoms with E-state index in [2.05, 4.69) is 24.1 Å². The van der Waals surface area contributed by atoms with Crippen molar-refractivity contribution in [3.05, 3.63) is 17.7 Å². The molecule has 0 bridgehead atoms. The smallest absolute Gasteiger partial charge is 0.343 e. The highest BCUT2D eigenvalue weighted by atomic mass is 16.5. The van der Waals surface area contributed by atoms with E-state index < -0.39 is 5.97 Å². The summed E-state index contributed by atoms with van der Waals surface area (Å²) in [6.07, 6.45) is 1.39. The number of carbonyl (C=O) groups is 1. The molecule has 3 unspecified atom stereocenters. The van der Waals surface area contributed by atoms with E-state index in [0.717, 1.165) is 13.0 Å². The van der Waals surface area contributed by atoms with Crippen molar-refractivity contribution >= 4 is 11.8 Å². The van der Waals surface area contributed by atoms with Crippen molar-refractivity contribution in [2.45, 2.75) is 32.4 Å². The Kier molecular flexibility index (Phi) is 3.72. The number of hydrogen-bond acceptors (Lipinski definition) is 6. The molecule has 1 N–H and O–H groups in total. The third-order valence-corrected chi connectivity index (χ3v) is 4.86. The van der Waals surface area contributed by atoms with E-state index in [1.807, 2.05) is 0 Å². The molecule has 2 aliphatic rings. The Balaban J connectivity index is 1.80. The SMILES string of the molecule is COC(=O)c1ccc(NC2C3CCOC3C2(C)C)nc1OC. The topological polar surface area (TPSA) is 69.7 Å². The highest BCUT2D eigenvalue weighted by Gasteiger charge is 2.59. The van der Waals surface area contributed by atoms with Crippen molar-refractivity contribution in [1.29, 1.82) is 0 Å². The minimum absolute atomic E-state index is 0.0666. The Bertz CT molecular complexity index is 588. The molecule has 0 spiro atoms. The van der Waals surface area contributed by atoms with Crippen molar-refractivity contribution in [3.63, 3.8) is 0 Å². The number of nitrogens with one attached hydrogen (secondary N) is 1. The summed E-state index contributed by atoms with van der Waals surface area (Å²) in [5.41, 5.74) is 0.391.